The van der Waals surface area contributed by atoms with Crippen LogP contribution in [0, 0.1) is 6.92 Å². The molecule has 0 bridgehead atoms. The maximum atomic E-state index is 11.4. The molecular weight excluding hydrogens is 270 g/mol. The van der Waals surface area contributed by atoms with Gasteiger partial charge in [0.15, 0.2) is 0 Å². The normalized spacial score (nSPS) is 14.3. The molecule has 1 aliphatic heterocycles. The molecule has 2 heteroatoms. The van der Waals surface area contributed by atoms with Gasteiger partial charge in [-0.2, -0.15) is 0 Å². The van der Waals surface area contributed by atoms with E-state index in [0.717, 1.165) is 13.1 Å². The van der Waals surface area contributed by atoms with Crippen LogP contribution < -0.4 is 4.90 Å². The summed E-state index contributed by atoms with van der Waals surface area (Å²) < 4.78 is 0. The Kier molecular flexibility index (Phi) is 5.76. The van der Waals surface area contributed by atoms with E-state index in [2.05, 4.69) is 54.3 Å². The molecule has 3 rings (SSSR count). The number of anilines is 1. The SMILES string of the molecule is CC.Cc1c(-c2ccccc2)cccc1N1CCC(=O)CC1. The Hall–Kier alpha value is -2.09. The number of rotatable bonds is 2. The summed E-state index contributed by atoms with van der Waals surface area (Å²) in [6.45, 7) is 7.87. The first-order valence-corrected chi connectivity index (χ1v) is 8.17. The molecule has 0 aromatic heterocycles. The zero-order valence-corrected chi connectivity index (χ0v) is 13.8. The molecular formula is C20H25NO. The molecule has 0 spiro atoms. The number of benzene rings is 2. The minimum Gasteiger partial charge on any atom is -0.370 e. The van der Waals surface area contributed by atoms with Gasteiger partial charge in [-0.25, -0.2) is 0 Å². The Morgan fingerprint density at radius 1 is 0.864 bits per heavy atom. The van der Waals surface area contributed by atoms with Crippen LogP contribution in [0.25, 0.3) is 11.1 Å². The van der Waals surface area contributed by atoms with E-state index < -0.39 is 0 Å². The number of nitrogens with zero attached hydrogens (tertiary/aromatic N) is 1. The lowest BCUT2D eigenvalue weighted by atomic mass is 9.98. The number of piperidine rings is 1. The number of Topliss-reactive ketones (excluding diaryl/α,β-unsaturated/α-hetero) is 1. The Balaban J connectivity index is 0.000000847. The first-order chi connectivity index (χ1) is 10.8. The van der Waals surface area contributed by atoms with E-state index >= 15 is 0 Å². The van der Waals surface area contributed by atoms with Gasteiger partial charge in [0.2, 0.25) is 0 Å². The molecule has 0 saturated carbocycles. The average Bonchev–Trinajstić information content (AvgIpc) is 2.59. The molecule has 1 saturated heterocycles. The molecule has 2 nitrogen and oxygen atoms in total. The number of carbonyl (C=O) groups is 1. The second kappa shape index (κ2) is 7.79. The van der Waals surface area contributed by atoms with Crippen molar-refractivity contribution in [2.45, 2.75) is 33.6 Å². The third kappa shape index (κ3) is 3.56. The topological polar surface area (TPSA) is 20.3 Å². The van der Waals surface area contributed by atoms with Crippen molar-refractivity contribution in [3.63, 3.8) is 0 Å². The lowest BCUT2D eigenvalue weighted by Gasteiger charge is -2.30. The van der Waals surface area contributed by atoms with Crippen molar-refractivity contribution in [2.75, 3.05) is 18.0 Å². The summed E-state index contributed by atoms with van der Waals surface area (Å²) >= 11 is 0. The summed E-state index contributed by atoms with van der Waals surface area (Å²) in [4.78, 5) is 13.7. The van der Waals surface area contributed by atoms with Gasteiger partial charge in [-0.3, -0.25) is 4.79 Å². The van der Waals surface area contributed by atoms with Gasteiger partial charge in [0.05, 0.1) is 0 Å². The second-order valence-corrected chi connectivity index (χ2v) is 5.34. The number of hydrogen-bond acceptors (Lipinski definition) is 2. The summed E-state index contributed by atoms with van der Waals surface area (Å²) in [6, 6.07) is 16.9. The molecule has 1 heterocycles. The molecule has 22 heavy (non-hydrogen) atoms. The van der Waals surface area contributed by atoms with Gasteiger partial charge < -0.3 is 4.90 Å². The van der Waals surface area contributed by atoms with Crippen LogP contribution in [0.3, 0.4) is 0 Å². The highest BCUT2D eigenvalue weighted by Crippen LogP contribution is 2.31. The van der Waals surface area contributed by atoms with Crippen molar-refractivity contribution in [2.24, 2.45) is 0 Å². The summed E-state index contributed by atoms with van der Waals surface area (Å²) in [5.41, 5.74) is 5.09. The number of carbonyl (C=O) groups excluding carboxylic acids is 1. The molecule has 0 radical (unpaired) electrons. The Labute approximate surface area is 133 Å². The van der Waals surface area contributed by atoms with Gasteiger partial charge in [0.25, 0.3) is 0 Å². The van der Waals surface area contributed by atoms with Crippen molar-refractivity contribution < 1.29 is 4.79 Å². The van der Waals surface area contributed by atoms with E-state index in [1.54, 1.807) is 0 Å². The first-order valence-electron chi connectivity index (χ1n) is 8.17. The molecule has 0 aliphatic carbocycles. The maximum Gasteiger partial charge on any atom is 0.136 e. The lowest BCUT2D eigenvalue weighted by Crippen LogP contribution is -2.34. The minimum absolute atomic E-state index is 0.387. The standard InChI is InChI=1S/C18H19NO.C2H6/c1-14-17(15-6-3-2-4-7-15)8-5-9-18(14)19-12-10-16(20)11-13-19;1-2/h2-9H,10-13H2,1H3;1-2H3. The molecule has 1 aliphatic rings. The van der Waals surface area contributed by atoms with Crippen LogP contribution in [0.2, 0.25) is 0 Å². The Bertz CT molecular complexity index is 609. The molecule has 0 unspecified atom stereocenters. The molecule has 1 fully saturated rings. The smallest absolute Gasteiger partial charge is 0.136 e. The minimum atomic E-state index is 0.387. The van der Waals surface area contributed by atoms with E-state index in [1.165, 1.54) is 22.4 Å². The zero-order chi connectivity index (χ0) is 15.9. The van der Waals surface area contributed by atoms with Gasteiger partial charge >= 0.3 is 0 Å². The van der Waals surface area contributed by atoms with Crippen LogP contribution in [-0.4, -0.2) is 18.9 Å². The fourth-order valence-corrected chi connectivity index (χ4v) is 2.89. The van der Waals surface area contributed by atoms with Crippen LogP contribution in [0.15, 0.2) is 48.5 Å². The molecule has 0 atom stereocenters. The molecule has 2 aromatic rings. The van der Waals surface area contributed by atoms with Gasteiger partial charge in [-0.1, -0.05) is 56.3 Å². The number of hydrogen-bond donors (Lipinski definition) is 0. The van der Waals surface area contributed by atoms with Crippen molar-refractivity contribution in [1.29, 1.82) is 0 Å². The van der Waals surface area contributed by atoms with E-state index in [0.29, 0.717) is 18.6 Å². The molecule has 0 N–H and O–H groups in total. The predicted octanol–water partition coefficient (Wildman–Crippen LogP) is 4.86. The van der Waals surface area contributed by atoms with Gasteiger partial charge in [0.1, 0.15) is 5.78 Å². The van der Waals surface area contributed by atoms with Crippen molar-refractivity contribution in [1.82, 2.24) is 0 Å². The van der Waals surface area contributed by atoms with Crippen LogP contribution in [0.5, 0.6) is 0 Å². The van der Waals surface area contributed by atoms with Crippen molar-refractivity contribution in [3.05, 3.63) is 54.1 Å². The lowest BCUT2D eigenvalue weighted by molar-refractivity contribution is -0.119. The zero-order valence-electron chi connectivity index (χ0n) is 13.8. The van der Waals surface area contributed by atoms with E-state index in [4.69, 9.17) is 0 Å². The molecule has 0 amide bonds. The average molecular weight is 295 g/mol. The highest BCUT2D eigenvalue weighted by Gasteiger charge is 2.18. The summed E-state index contributed by atoms with van der Waals surface area (Å²) in [7, 11) is 0. The quantitative estimate of drug-likeness (QED) is 0.788. The monoisotopic (exact) mass is 295 g/mol. The number of ketones is 1. The highest BCUT2D eigenvalue weighted by molar-refractivity contribution is 5.82. The Morgan fingerprint density at radius 2 is 1.50 bits per heavy atom. The third-order valence-electron chi connectivity index (χ3n) is 4.05. The Morgan fingerprint density at radius 3 is 2.14 bits per heavy atom. The third-order valence-corrected chi connectivity index (χ3v) is 4.05. The largest absolute Gasteiger partial charge is 0.370 e. The summed E-state index contributed by atoms with van der Waals surface area (Å²) in [5.74, 6) is 0.387. The predicted molar refractivity (Wildman–Crippen MR) is 94.4 cm³/mol. The fourth-order valence-electron chi connectivity index (χ4n) is 2.89. The van der Waals surface area contributed by atoms with Crippen LogP contribution in [-0.2, 0) is 4.79 Å². The maximum absolute atomic E-state index is 11.4. The van der Waals surface area contributed by atoms with Crippen molar-refractivity contribution >= 4 is 11.5 Å². The first kappa shape index (κ1) is 16.3. The highest BCUT2D eigenvalue weighted by atomic mass is 16.1. The summed E-state index contributed by atoms with van der Waals surface area (Å²) in [6.07, 6.45) is 1.35. The van der Waals surface area contributed by atoms with Gasteiger partial charge in [-0.15, -0.1) is 0 Å². The summed E-state index contributed by atoms with van der Waals surface area (Å²) in [5, 5.41) is 0. The van der Waals surface area contributed by atoms with Crippen molar-refractivity contribution in [3.8, 4) is 11.1 Å². The van der Waals surface area contributed by atoms with Crippen LogP contribution in [0.1, 0.15) is 32.3 Å². The van der Waals surface area contributed by atoms with E-state index in [1.807, 2.05) is 19.9 Å². The van der Waals surface area contributed by atoms with E-state index in [9.17, 15) is 4.79 Å². The molecule has 116 valence electrons. The van der Waals surface area contributed by atoms with Crippen LogP contribution in [0.4, 0.5) is 5.69 Å². The fraction of sp³-hybridized carbons (Fsp3) is 0.350. The van der Waals surface area contributed by atoms with Gasteiger partial charge in [-0.05, 0) is 29.7 Å². The second-order valence-electron chi connectivity index (χ2n) is 5.34. The molecule has 2 aromatic carbocycles. The van der Waals surface area contributed by atoms with Gasteiger partial charge in [0, 0.05) is 31.6 Å². The van der Waals surface area contributed by atoms with Crippen LogP contribution >= 0.6 is 0 Å². The van der Waals surface area contributed by atoms with E-state index in [-0.39, 0.29) is 0 Å².